The minimum atomic E-state index is -3.88. The van der Waals surface area contributed by atoms with Crippen LogP contribution in [0.4, 0.5) is 0 Å². The number of nitrogens with zero attached hydrogens (tertiary/aromatic N) is 1. The minimum Gasteiger partial charge on any atom is -0.487 e. The Kier molecular flexibility index (Phi) is 6.18. The van der Waals surface area contributed by atoms with E-state index in [9.17, 15) is 13.2 Å². The van der Waals surface area contributed by atoms with E-state index in [1.807, 2.05) is 22.9 Å². The molecular weight excluding hydrogens is 376 g/mol. The van der Waals surface area contributed by atoms with Crippen molar-refractivity contribution >= 4 is 22.0 Å². The fraction of sp³-hybridized carbons (Fsp3) is 0.0476. The van der Waals surface area contributed by atoms with E-state index in [1.54, 1.807) is 48.7 Å². The van der Waals surface area contributed by atoms with E-state index in [1.165, 1.54) is 24.3 Å². The Balaban J connectivity index is 1.56. The molecule has 28 heavy (non-hydrogen) atoms. The topological polar surface area (TPSA) is 85.4 Å². The summed E-state index contributed by atoms with van der Waals surface area (Å²) in [6.45, 7) is 0.357. The molecule has 0 fully saturated rings. The van der Waals surface area contributed by atoms with Gasteiger partial charge in [-0.05, 0) is 48.0 Å². The van der Waals surface area contributed by atoms with Crippen molar-refractivity contribution in [2.75, 3.05) is 0 Å². The first-order valence-corrected chi connectivity index (χ1v) is 9.94. The molecule has 0 unspecified atom stereocenters. The molecule has 142 valence electrons. The molecule has 2 aromatic carbocycles. The van der Waals surface area contributed by atoms with Crippen LogP contribution in [0.25, 0.3) is 6.08 Å². The lowest BCUT2D eigenvalue weighted by molar-refractivity contribution is -0.114. The van der Waals surface area contributed by atoms with Crippen LogP contribution in [0, 0.1) is 0 Å². The van der Waals surface area contributed by atoms with Crippen LogP contribution >= 0.6 is 0 Å². The third kappa shape index (κ3) is 5.52. The largest absolute Gasteiger partial charge is 0.487 e. The van der Waals surface area contributed by atoms with Gasteiger partial charge in [0.25, 0.3) is 15.9 Å². The van der Waals surface area contributed by atoms with E-state index < -0.39 is 15.9 Å². The molecule has 1 amide bonds. The van der Waals surface area contributed by atoms with Gasteiger partial charge < -0.3 is 4.74 Å². The average Bonchev–Trinajstić information content (AvgIpc) is 2.72. The molecule has 0 saturated carbocycles. The number of hydrogen-bond acceptors (Lipinski definition) is 5. The summed E-state index contributed by atoms with van der Waals surface area (Å²) in [5.41, 5.74) is 1.56. The van der Waals surface area contributed by atoms with E-state index in [4.69, 9.17) is 4.74 Å². The molecule has 3 rings (SSSR count). The zero-order valence-corrected chi connectivity index (χ0v) is 15.7. The highest BCUT2D eigenvalue weighted by molar-refractivity contribution is 7.90. The summed E-state index contributed by atoms with van der Waals surface area (Å²) < 4.78 is 31.8. The third-order valence-electron chi connectivity index (χ3n) is 3.71. The number of sulfonamides is 1. The van der Waals surface area contributed by atoms with Crippen molar-refractivity contribution < 1.29 is 17.9 Å². The molecule has 1 aromatic heterocycles. The molecule has 1 N–H and O–H groups in total. The smallest absolute Gasteiger partial charge is 0.264 e. The van der Waals surface area contributed by atoms with Gasteiger partial charge in [-0.15, -0.1) is 0 Å². The summed E-state index contributed by atoms with van der Waals surface area (Å²) in [7, 11) is -3.88. The summed E-state index contributed by atoms with van der Waals surface area (Å²) in [6, 6.07) is 20.4. The molecule has 0 radical (unpaired) electrons. The number of pyridine rings is 1. The number of amides is 1. The first-order valence-electron chi connectivity index (χ1n) is 8.46. The van der Waals surface area contributed by atoms with Gasteiger partial charge in [-0.2, -0.15) is 0 Å². The Hall–Kier alpha value is -3.45. The summed E-state index contributed by atoms with van der Waals surface area (Å²) in [6.07, 6.45) is 4.40. The van der Waals surface area contributed by atoms with E-state index in [0.29, 0.717) is 12.4 Å². The lowest BCUT2D eigenvalue weighted by atomic mass is 10.2. The Morgan fingerprint density at radius 2 is 1.68 bits per heavy atom. The van der Waals surface area contributed by atoms with E-state index in [0.717, 1.165) is 11.3 Å². The number of carbonyl (C=O) groups excluding carboxylic acids is 1. The maximum atomic E-state index is 12.1. The maximum absolute atomic E-state index is 12.1. The number of ether oxygens (including phenoxy) is 1. The quantitative estimate of drug-likeness (QED) is 0.622. The van der Waals surface area contributed by atoms with Crippen molar-refractivity contribution in [3.63, 3.8) is 0 Å². The average molecular weight is 394 g/mol. The van der Waals surface area contributed by atoms with E-state index >= 15 is 0 Å². The first-order chi connectivity index (χ1) is 13.5. The van der Waals surface area contributed by atoms with Crippen molar-refractivity contribution in [3.8, 4) is 5.75 Å². The fourth-order valence-corrected chi connectivity index (χ4v) is 3.28. The number of benzene rings is 2. The zero-order valence-electron chi connectivity index (χ0n) is 14.9. The predicted octanol–water partition coefficient (Wildman–Crippen LogP) is 3.18. The summed E-state index contributed by atoms with van der Waals surface area (Å²) in [5, 5.41) is 0. The monoisotopic (exact) mass is 394 g/mol. The Morgan fingerprint density at radius 3 is 2.36 bits per heavy atom. The number of carbonyl (C=O) groups is 1. The van der Waals surface area contributed by atoms with Crippen LogP contribution in [0.15, 0.2) is 90.0 Å². The second-order valence-corrected chi connectivity index (χ2v) is 7.48. The Labute approximate surface area is 163 Å². The van der Waals surface area contributed by atoms with Crippen molar-refractivity contribution in [2.45, 2.75) is 11.5 Å². The molecule has 0 aliphatic rings. The van der Waals surface area contributed by atoms with Crippen LogP contribution in [0.3, 0.4) is 0 Å². The molecule has 0 bridgehead atoms. The van der Waals surface area contributed by atoms with Gasteiger partial charge in [0.05, 0.1) is 10.6 Å². The van der Waals surface area contributed by atoms with Gasteiger partial charge in [-0.25, -0.2) is 13.1 Å². The lowest BCUT2D eigenvalue weighted by Gasteiger charge is -2.06. The molecular formula is C21H18N2O4S. The van der Waals surface area contributed by atoms with Crippen molar-refractivity contribution in [1.82, 2.24) is 9.71 Å². The second-order valence-electron chi connectivity index (χ2n) is 5.79. The minimum absolute atomic E-state index is 0.0335. The highest BCUT2D eigenvalue weighted by Crippen LogP contribution is 2.15. The second kappa shape index (κ2) is 8.96. The molecule has 0 saturated heterocycles. The number of hydrogen-bond donors (Lipinski definition) is 1. The van der Waals surface area contributed by atoms with Crippen LogP contribution in [0.2, 0.25) is 0 Å². The number of nitrogens with one attached hydrogen (secondary N) is 1. The Bertz CT molecular complexity index is 1050. The lowest BCUT2D eigenvalue weighted by Crippen LogP contribution is -2.28. The van der Waals surface area contributed by atoms with Gasteiger partial charge in [0.1, 0.15) is 12.4 Å². The van der Waals surface area contributed by atoms with Gasteiger partial charge >= 0.3 is 0 Å². The van der Waals surface area contributed by atoms with Crippen molar-refractivity contribution in [3.05, 3.63) is 96.3 Å². The highest BCUT2D eigenvalue weighted by atomic mass is 32.2. The molecule has 0 atom stereocenters. The maximum Gasteiger partial charge on any atom is 0.264 e. The summed E-state index contributed by atoms with van der Waals surface area (Å²) in [5.74, 6) is -0.0572. The number of aromatic nitrogens is 1. The van der Waals surface area contributed by atoms with Crippen molar-refractivity contribution in [2.24, 2.45) is 0 Å². The number of rotatable bonds is 7. The first kappa shape index (κ1) is 19.3. The molecule has 6 nitrogen and oxygen atoms in total. The van der Waals surface area contributed by atoms with Crippen LogP contribution in [0.1, 0.15) is 11.3 Å². The van der Waals surface area contributed by atoms with Gasteiger partial charge in [0, 0.05) is 12.3 Å². The van der Waals surface area contributed by atoms with Gasteiger partial charge in [0.15, 0.2) is 0 Å². The molecule has 0 spiro atoms. The summed E-state index contributed by atoms with van der Waals surface area (Å²) in [4.78, 5) is 16.1. The van der Waals surface area contributed by atoms with Gasteiger partial charge in [-0.1, -0.05) is 36.4 Å². The van der Waals surface area contributed by atoms with Crippen LogP contribution < -0.4 is 9.46 Å². The molecule has 7 heteroatoms. The van der Waals surface area contributed by atoms with Crippen LogP contribution in [-0.2, 0) is 21.4 Å². The molecule has 3 aromatic rings. The summed E-state index contributed by atoms with van der Waals surface area (Å²) >= 11 is 0. The third-order valence-corrected chi connectivity index (χ3v) is 5.07. The van der Waals surface area contributed by atoms with Crippen LogP contribution in [-0.4, -0.2) is 19.3 Å². The normalized spacial score (nSPS) is 11.3. The molecule has 0 aliphatic heterocycles. The van der Waals surface area contributed by atoms with Gasteiger partial charge in [-0.3, -0.25) is 9.78 Å². The predicted molar refractivity (Wildman–Crippen MR) is 106 cm³/mol. The van der Waals surface area contributed by atoms with Gasteiger partial charge in [0.2, 0.25) is 0 Å². The standard InChI is InChI=1S/C21H18N2O4S/c24-21(23-28(25,26)20-7-2-1-3-8-20)14-11-17-9-12-19(13-10-17)27-16-18-6-4-5-15-22-18/h1-15H,16H2,(H,23,24)/b14-11+. The van der Waals surface area contributed by atoms with Crippen molar-refractivity contribution in [1.29, 1.82) is 0 Å². The highest BCUT2D eigenvalue weighted by Gasteiger charge is 2.15. The fourth-order valence-electron chi connectivity index (χ4n) is 2.31. The Morgan fingerprint density at radius 1 is 0.964 bits per heavy atom. The molecule has 1 heterocycles. The SMILES string of the molecule is O=C(/C=C/c1ccc(OCc2ccccn2)cc1)NS(=O)(=O)c1ccccc1. The molecule has 0 aliphatic carbocycles. The zero-order chi connectivity index (χ0) is 19.8. The van der Waals surface area contributed by atoms with Crippen LogP contribution in [0.5, 0.6) is 5.75 Å². The van der Waals surface area contributed by atoms with E-state index in [-0.39, 0.29) is 4.90 Å². The van der Waals surface area contributed by atoms with E-state index in [2.05, 4.69) is 4.98 Å².